The van der Waals surface area contributed by atoms with Crippen molar-refractivity contribution in [2.45, 2.75) is 38.8 Å². The minimum atomic E-state index is -0.833. The number of aromatic nitrogens is 1. The smallest absolute Gasteiger partial charge is 0.408 e. The number of furan rings is 1. The van der Waals surface area contributed by atoms with Crippen LogP contribution >= 0.6 is 11.3 Å². The standard InChI is InChI=1S/C15H19N3O4S/c1-15(2,3)22-14(20)17-11(9-10-5-4-7-21-10)12(19)18-13-16-6-8-23-13/h4-8,11H,9H2,1-3H3,(H,17,20)(H,16,18,19). The van der Waals surface area contributed by atoms with E-state index in [-0.39, 0.29) is 12.3 Å². The van der Waals surface area contributed by atoms with Crippen molar-refractivity contribution >= 4 is 28.5 Å². The molecule has 2 amide bonds. The molecule has 0 aliphatic carbocycles. The number of carbonyl (C=O) groups is 2. The molecule has 7 nitrogen and oxygen atoms in total. The number of carbonyl (C=O) groups excluding carboxylic acids is 2. The van der Waals surface area contributed by atoms with E-state index in [9.17, 15) is 9.59 Å². The zero-order valence-corrected chi connectivity index (χ0v) is 14.0. The number of nitrogens with zero attached hydrogens (tertiary/aromatic N) is 1. The van der Waals surface area contributed by atoms with Crippen LogP contribution in [0.2, 0.25) is 0 Å². The highest BCUT2D eigenvalue weighted by atomic mass is 32.1. The molecule has 23 heavy (non-hydrogen) atoms. The van der Waals surface area contributed by atoms with Crippen molar-refractivity contribution in [3.63, 3.8) is 0 Å². The third-order valence-corrected chi connectivity index (χ3v) is 3.34. The summed E-state index contributed by atoms with van der Waals surface area (Å²) in [6, 6.07) is 2.62. The molecule has 0 saturated heterocycles. The molecule has 2 rings (SSSR count). The summed E-state index contributed by atoms with van der Waals surface area (Å²) in [5.74, 6) is 0.197. The summed E-state index contributed by atoms with van der Waals surface area (Å²) in [7, 11) is 0. The Morgan fingerprint density at radius 3 is 2.78 bits per heavy atom. The van der Waals surface area contributed by atoms with Crippen LogP contribution in [0.4, 0.5) is 9.93 Å². The molecule has 1 unspecified atom stereocenters. The molecular formula is C15H19N3O4S. The summed E-state index contributed by atoms with van der Waals surface area (Å²) in [6.07, 6.45) is 2.65. The highest BCUT2D eigenvalue weighted by Gasteiger charge is 2.26. The molecule has 2 aromatic rings. The number of hydrogen-bond acceptors (Lipinski definition) is 6. The van der Waals surface area contributed by atoms with E-state index in [0.717, 1.165) is 0 Å². The van der Waals surface area contributed by atoms with Gasteiger partial charge in [-0.2, -0.15) is 0 Å². The minimum absolute atomic E-state index is 0.212. The van der Waals surface area contributed by atoms with Gasteiger partial charge in [-0.3, -0.25) is 4.79 Å². The average Bonchev–Trinajstić information content (AvgIpc) is 3.08. The lowest BCUT2D eigenvalue weighted by Gasteiger charge is -2.22. The Labute approximate surface area is 138 Å². The van der Waals surface area contributed by atoms with Gasteiger partial charge in [-0.15, -0.1) is 11.3 Å². The summed E-state index contributed by atoms with van der Waals surface area (Å²) in [5.41, 5.74) is -0.648. The minimum Gasteiger partial charge on any atom is -0.469 e. The molecule has 0 aromatic carbocycles. The number of thiazole rings is 1. The van der Waals surface area contributed by atoms with E-state index in [1.54, 1.807) is 44.5 Å². The molecule has 0 aliphatic rings. The molecule has 124 valence electrons. The summed E-state index contributed by atoms with van der Waals surface area (Å²) in [5, 5.41) is 7.44. The number of anilines is 1. The van der Waals surface area contributed by atoms with Crippen LogP contribution in [0.5, 0.6) is 0 Å². The molecule has 2 aromatic heterocycles. The number of ether oxygens (including phenoxy) is 1. The van der Waals surface area contributed by atoms with Crippen molar-refractivity contribution in [3.05, 3.63) is 35.7 Å². The van der Waals surface area contributed by atoms with Crippen molar-refractivity contribution in [1.29, 1.82) is 0 Å². The lowest BCUT2D eigenvalue weighted by molar-refractivity contribution is -0.118. The molecule has 0 saturated carbocycles. The van der Waals surface area contributed by atoms with Crippen LogP contribution in [0.1, 0.15) is 26.5 Å². The van der Waals surface area contributed by atoms with Gasteiger partial charge in [0.05, 0.1) is 6.26 Å². The maximum Gasteiger partial charge on any atom is 0.408 e. The fraction of sp³-hybridized carbons (Fsp3) is 0.400. The van der Waals surface area contributed by atoms with Gasteiger partial charge in [-0.25, -0.2) is 9.78 Å². The van der Waals surface area contributed by atoms with Crippen molar-refractivity contribution in [2.24, 2.45) is 0 Å². The number of amides is 2. The molecule has 2 heterocycles. The third-order valence-electron chi connectivity index (χ3n) is 2.66. The molecule has 0 fully saturated rings. The van der Waals surface area contributed by atoms with Crippen LogP contribution in [0.15, 0.2) is 34.4 Å². The molecule has 0 aliphatic heterocycles. The van der Waals surface area contributed by atoms with Crippen LogP contribution in [-0.2, 0) is 16.0 Å². The maximum atomic E-state index is 12.4. The highest BCUT2D eigenvalue weighted by Crippen LogP contribution is 2.13. The second-order valence-electron chi connectivity index (χ2n) is 5.81. The summed E-state index contributed by atoms with van der Waals surface area (Å²) in [6.45, 7) is 5.26. The van der Waals surface area contributed by atoms with Crippen LogP contribution in [0.25, 0.3) is 0 Å². The molecule has 1 atom stereocenters. The lowest BCUT2D eigenvalue weighted by atomic mass is 10.1. The van der Waals surface area contributed by atoms with Crippen molar-refractivity contribution < 1.29 is 18.7 Å². The number of hydrogen-bond donors (Lipinski definition) is 2. The van der Waals surface area contributed by atoms with E-state index in [1.807, 2.05) is 0 Å². The van der Waals surface area contributed by atoms with Gasteiger partial charge in [0, 0.05) is 18.0 Å². The largest absolute Gasteiger partial charge is 0.469 e. The Kier molecular flexibility index (Phi) is 5.38. The zero-order valence-electron chi connectivity index (χ0n) is 13.2. The SMILES string of the molecule is CC(C)(C)OC(=O)NC(Cc1ccco1)C(=O)Nc1nccs1. The second-order valence-corrected chi connectivity index (χ2v) is 6.70. The molecule has 2 N–H and O–H groups in total. The lowest BCUT2D eigenvalue weighted by Crippen LogP contribution is -2.47. The van der Waals surface area contributed by atoms with E-state index in [0.29, 0.717) is 10.9 Å². The fourth-order valence-electron chi connectivity index (χ4n) is 1.77. The van der Waals surface area contributed by atoms with E-state index in [4.69, 9.17) is 9.15 Å². The Morgan fingerprint density at radius 2 is 2.22 bits per heavy atom. The third kappa shape index (κ3) is 5.74. The van der Waals surface area contributed by atoms with Crippen molar-refractivity contribution in [1.82, 2.24) is 10.3 Å². The molecule has 0 spiro atoms. The average molecular weight is 337 g/mol. The Bertz CT molecular complexity index is 632. The van der Waals surface area contributed by atoms with Crippen LogP contribution in [0, 0.1) is 0 Å². The van der Waals surface area contributed by atoms with Crippen LogP contribution < -0.4 is 10.6 Å². The van der Waals surface area contributed by atoms with E-state index in [1.165, 1.54) is 17.6 Å². The molecule has 0 radical (unpaired) electrons. The number of rotatable bonds is 5. The fourth-order valence-corrected chi connectivity index (χ4v) is 2.30. The van der Waals surface area contributed by atoms with Crippen molar-refractivity contribution in [2.75, 3.05) is 5.32 Å². The second kappa shape index (κ2) is 7.28. The van der Waals surface area contributed by atoms with Gasteiger partial charge in [0.15, 0.2) is 5.13 Å². The van der Waals surface area contributed by atoms with Gasteiger partial charge < -0.3 is 19.8 Å². The van der Waals surface area contributed by atoms with Crippen LogP contribution in [-0.4, -0.2) is 28.6 Å². The first-order valence-electron chi connectivity index (χ1n) is 7.06. The monoisotopic (exact) mass is 337 g/mol. The summed E-state index contributed by atoms with van der Waals surface area (Å²) in [4.78, 5) is 28.3. The Hall–Kier alpha value is -2.35. The number of alkyl carbamates (subject to hydrolysis) is 1. The summed E-state index contributed by atoms with van der Waals surface area (Å²) >= 11 is 1.30. The zero-order chi connectivity index (χ0) is 16.9. The maximum absolute atomic E-state index is 12.4. The first-order chi connectivity index (χ1) is 10.8. The van der Waals surface area contributed by atoms with E-state index >= 15 is 0 Å². The summed E-state index contributed by atoms with van der Waals surface area (Å²) < 4.78 is 10.4. The topological polar surface area (TPSA) is 93.5 Å². The molecule has 0 bridgehead atoms. The van der Waals surface area contributed by atoms with Gasteiger partial charge in [-0.05, 0) is 32.9 Å². The Balaban J connectivity index is 2.04. The normalized spacial score (nSPS) is 12.5. The quantitative estimate of drug-likeness (QED) is 0.875. The predicted molar refractivity (Wildman–Crippen MR) is 86.3 cm³/mol. The first kappa shape index (κ1) is 17.0. The van der Waals surface area contributed by atoms with Crippen LogP contribution in [0.3, 0.4) is 0 Å². The van der Waals surface area contributed by atoms with E-state index in [2.05, 4.69) is 15.6 Å². The van der Waals surface area contributed by atoms with Gasteiger partial charge >= 0.3 is 6.09 Å². The number of nitrogens with one attached hydrogen (secondary N) is 2. The molecule has 8 heteroatoms. The Morgan fingerprint density at radius 1 is 1.43 bits per heavy atom. The van der Waals surface area contributed by atoms with Gasteiger partial charge in [0.2, 0.25) is 5.91 Å². The van der Waals surface area contributed by atoms with Gasteiger partial charge in [0.25, 0.3) is 0 Å². The highest BCUT2D eigenvalue weighted by molar-refractivity contribution is 7.13. The molecular weight excluding hydrogens is 318 g/mol. The van der Waals surface area contributed by atoms with Gasteiger partial charge in [-0.1, -0.05) is 0 Å². The first-order valence-corrected chi connectivity index (χ1v) is 7.94. The predicted octanol–water partition coefficient (Wildman–Crippen LogP) is 2.81. The van der Waals surface area contributed by atoms with Crippen molar-refractivity contribution in [3.8, 4) is 0 Å². The van der Waals surface area contributed by atoms with Gasteiger partial charge in [0.1, 0.15) is 17.4 Å². The van der Waals surface area contributed by atoms with E-state index < -0.39 is 17.7 Å².